The summed E-state index contributed by atoms with van der Waals surface area (Å²) in [5.74, 6) is -0.466. The van der Waals surface area contributed by atoms with Crippen LogP contribution in [0.1, 0.15) is 11.1 Å². The van der Waals surface area contributed by atoms with E-state index in [0.29, 0.717) is 4.47 Å². The average molecular weight is 351 g/mol. The molecule has 0 heterocycles. The van der Waals surface area contributed by atoms with Crippen LogP contribution in [-0.4, -0.2) is 12.5 Å². The molecule has 0 aliphatic rings. The zero-order valence-corrected chi connectivity index (χ0v) is 13.4. The maximum Gasteiger partial charge on any atom is 0.243 e. The van der Waals surface area contributed by atoms with Gasteiger partial charge in [-0.1, -0.05) is 18.2 Å². The third kappa shape index (κ3) is 4.04. The Morgan fingerprint density at radius 3 is 2.57 bits per heavy atom. The lowest BCUT2D eigenvalue weighted by Gasteiger charge is -2.12. The summed E-state index contributed by atoms with van der Waals surface area (Å²) in [5, 5.41) is 5.85. The molecule has 2 N–H and O–H groups in total. The monoisotopic (exact) mass is 350 g/mol. The number of hydrogen-bond donors (Lipinski definition) is 2. The zero-order chi connectivity index (χ0) is 15.4. The van der Waals surface area contributed by atoms with Crippen LogP contribution in [0.3, 0.4) is 0 Å². The van der Waals surface area contributed by atoms with E-state index in [-0.39, 0.29) is 18.3 Å². The Bertz CT molecular complexity index is 673. The van der Waals surface area contributed by atoms with Gasteiger partial charge in [0.2, 0.25) is 5.91 Å². The molecule has 0 aliphatic carbocycles. The summed E-state index contributed by atoms with van der Waals surface area (Å²) < 4.78 is 13.7. The summed E-state index contributed by atoms with van der Waals surface area (Å²) in [6.45, 7) is 3.84. The maximum absolute atomic E-state index is 13.3. The maximum atomic E-state index is 13.3. The average Bonchev–Trinajstić information content (AvgIpc) is 2.44. The van der Waals surface area contributed by atoms with Gasteiger partial charge in [-0.3, -0.25) is 4.79 Å². The van der Waals surface area contributed by atoms with Gasteiger partial charge in [0, 0.05) is 11.4 Å². The molecule has 21 heavy (non-hydrogen) atoms. The quantitative estimate of drug-likeness (QED) is 0.864. The van der Waals surface area contributed by atoms with Crippen LogP contribution in [0.4, 0.5) is 15.8 Å². The molecule has 1 amide bonds. The Hall–Kier alpha value is -1.88. The Balaban J connectivity index is 1.99. The molecule has 0 unspecified atom stereocenters. The van der Waals surface area contributed by atoms with Crippen molar-refractivity contribution < 1.29 is 9.18 Å². The molecule has 3 nitrogen and oxygen atoms in total. The topological polar surface area (TPSA) is 41.1 Å². The van der Waals surface area contributed by atoms with Crippen LogP contribution in [0.5, 0.6) is 0 Å². The Morgan fingerprint density at radius 2 is 1.86 bits per heavy atom. The van der Waals surface area contributed by atoms with E-state index in [1.807, 2.05) is 31.2 Å². The second-order valence-electron chi connectivity index (χ2n) is 4.80. The molecule has 0 radical (unpaired) electrons. The van der Waals surface area contributed by atoms with E-state index in [0.717, 1.165) is 22.5 Å². The molecule has 2 rings (SSSR count). The van der Waals surface area contributed by atoms with Crippen molar-refractivity contribution in [2.45, 2.75) is 13.8 Å². The van der Waals surface area contributed by atoms with Gasteiger partial charge in [-0.25, -0.2) is 4.39 Å². The van der Waals surface area contributed by atoms with Gasteiger partial charge in [0.25, 0.3) is 0 Å². The number of carbonyl (C=O) groups excluding carboxylic acids is 1. The first kappa shape index (κ1) is 15.5. The number of benzene rings is 2. The third-order valence-electron chi connectivity index (χ3n) is 3.13. The minimum absolute atomic E-state index is 0.118. The predicted molar refractivity (Wildman–Crippen MR) is 87.1 cm³/mol. The Labute approximate surface area is 131 Å². The summed E-state index contributed by atoms with van der Waals surface area (Å²) in [7, 11) is 0. The number of para-hydroxylation sites is 1. The highest BCUT2D eigenvalue weighted by molar-refractivity contribution is 9.10. The Morgan fingerprint density at radius 1 is 1.14 bits per heavy atom. The molecular formula is C16H16BrFN2O. The number of amides is 1. The van der Waals surface area contributed by atoms with Crippen molar-refractivity contribution in [2.75, 3.05) is 17.2 Å². The van der Waals surface area contributed by atoms with Crippen molar-refractivity contribution in [3.63, 3.8) is 0 Å². The zero-order valence-electron chi connectivity index (χ0n) is 11.8. The first-order chi connectivity index (χ1) is 9.97. The summed E-state index contributed by atoms with van der Waals surface area (Å²) in [5.41, 5.74) is 3.27. The molecule has 0 atom stereocenters. The number of hydrogen-bond acceptors (Lipinski definition) is 2. The lowest BCUT2D eigenvalue weighted by Crippen LogP contribution is -2.22. The fraction of sp³-hybridized carbons (Fsp3) is 0.188. The van der Waals surface area contributed by atoms with E-state index in [1.54, 1.807) is 13.0 Å². The van der Waals surface area contributed by atoms with Gasteiger partial charge in [0.15, 0.2) is 0 Å². The van der Waals surface area contributed by atoms with E-state index in [9.17, 15) is 9.18 Å². The number of nitrogens with one attached hydrogen (secondary N) is 2. The highest BCUT2D eigenvalue weighted by Gasteiger charge is 2.08. The lowest BCUT2D eigenvalue weighted by atomic mass is 10.2. The van der Waals surface area contributed by atoms with Crippen molar-refractivity contribution in [1.29, 1.82) is 0 Å². The molecule has 2 aromatic carbocycles. The summed E-state index contributed by atoms with van der Waals surface area (Å²) in [6.07, 6.45) is 0. The van der Waals surface area contributed by atoms with Gasteiger partial charge >= 0.3 is 0 Å². The van der Waals surface area contributed by atoms with Gasteiger partial charge < -0.3 is 10.6 Å². The van der Waals surface area contributed by atoms with Crippen LogP contribution in [0, 0.1) is 19.7 Å². The van der Waals surface area contributed by atoms with E-state index in [2.05, 4.69) is 26.6 Å². The van der Waals surface area contributed by atoms with Gasteiger partial charge in [-0.2, -0.15) is 0 Å². The smallest absolute Gasteiger partial charge is 0.243 e. The van der Waals surface area contributed by atoms with E-state index in [4.69, 9.17) is 0 Å². The van der Waals surface area contributed by atoms with Crippen LogP contribution < -0.4 is 10.6 Å². The van der Waals surface area contributed by atoms with Crippen molar-refractivity contribution in [3.05, 3.63) is 57.8 Å². The number of rotatable bonds is 4. The normalized spacial score (nSPS) is 10.3. The van der Waals surface area contributed by atoms with Crippen LogP contribution in [0.2, 0.25) is 0 Å². The number of carbonyl (C=O) groups is 1. The van der Waals surface area contributed by atoms with Crippen molar-refractivity contribution in [2.24, 2.45) is 0 Å². The van der Waals surface area contributed by atoms with E-state index < -0.39 is 0 Å². The highest BCUT2D eigenvalue weighted by Crippen LogP contribution is 2.24. The molecule has 0 saturated carbocycles. The first-order valence-electron chi connectivity index (χ1n) is 6.52. The minimum Gasteiger partial charge on any atom is -0.376 e. The summed E-state index contributed by atoms with van der Waals surface area (Å²) in [4.78, 5) is 11.9. The lowest BCUT2D eigenvalue weighted by molar-refractivity contribution is -0.114. The van der Waals surface area contributed by atoms with Crippen molar-refractivity contribution in [3.8, 4) is 0 Å². The van der Waals surface area contributed by atoms with Gasteiger partial charge in [0.05, 0.1) is 11.0 Å². The van der Waals surface area contributed by atoms with Crippen LogP contribution in [0.15, 0.2) is 40.9 Å². The molecule has 0 saturated heterocycles. The summed E-state index contributed by atoms with van der Waals surface area (Å²) in [6, 6.07) is 10.6. The van der Waals surface area contributed by atoms with Crippen LogP contribution in [0.25, 0.3) is 0 Å². The van der Waals surface area contributed by atoms with Gasteiger partial charge in [0.1, 0.15) is 5.82 Å². The largest absolute Gasteiger partial charge is 0.376 e. The van der Waals surface area contributed by atoms with E-state index >= 15 is 0 Å². The van der Waals surface area contributed by atoms with Crippen molar-refractivity contribution in [1.82, 2.24) is 0 Å². The van der Waals surface area contributed by atoms with Crippen LogP contribution in [-0.2, 0) is 4.79 Å². The van der Waals surface area contributed by atoms with Gasteiger partial charge in [-0.05, 0) is 59.1 Å². The number of aryl methyl sites for hydroxylation is 2. The first-order valence-corrected chi connectivity index (χ1v) is 7.31. The molecule has 0 aromatic heterocycles. The third-order valence-corrected chi connectivity index (χ3v) is 3.73. The fourth-order valence-corrected chi connectivity index (χ4v) is 2.26. The molecule has 110 valence electrons. The SMILES string of the molecule is Cc1cc(F)c(Br)cc1NCC(=O)Nc1ccccc1C. The molecule has 0 fully saturated rings. The van der Waals surface area contributed by atoms with Gasteiger partial charge in [-0.15, -0.1) is 0 Å². The highest BCUT2D eigenvalue weighted by atomic mass is 79.9. The summed E-state index contributed by atoms with van der Waals surface area (Å²) >= 11 is 3.14. The fourth-order valence-electron chi connectivity index (χ4n) is 1.92. The van der Waals surface area contributed by atoms with Crippen LogP contribution >= 0.6 is 15.9 Å². The second kappa shape index (κ2) is 6.72. The number of anilines is 2. The van der Waals surface area contributed by atoms with E-state index in [1.165, 1.54) is 6.07 Å². The molecule has 0 bridgehead atoms. The molecule has 2 aromatic rings. The minimum atomic E-state index is -0.317. The standard InChI is InChI=1S/C16H16BrFN2O/c1-10-5-3-4-6-14(10)20-16(21)9-19-15-8-12(17)13(18)7-11(15)2/h3-8,19H,9H2,1-2H3,(H,20,21). The molecule has 0 aliphatic heterocycles. The Kier molecular flexibility index (Phi) is 4.96. The predicted octanol–water partition coefficient (Wildman–Crippen LogP) is 4.26. The molecular weight excluding hydrogens is 335 g/mol. The second-order valence-corrected chi connectivity index (χ2v) is 5.65. The molecule has 0 spiro atoms. The number of halogens is 2. The van der Waals surface area contributed by atoms with Crippen molar-refractivity contribution >= 4 is 33.2 Å². The molecule has 5 heteroatoms.